The molecule has 0 saturated heterocycles. The Hall–Kier alpha value is -1.85. The van der Waals surface area contributed by atoms with E-state index in [9.17, 15) is 9.59 Å². The van der Waals surface area contributed by atoms with Crippen molar-refractivity contribution in [2.45, 2.75) is 31.8 Å². The number of rotatable bonds is 4. The topological polar surface area (TPSA) is 73.2 Å². The van der Waals surface area contributed by atoms with Crippen LogP contribution in [0.15, 0.2) is 18.5 Å². The van der Waals surface area contributed by atoms with Crippen molar-refractivity contribution in [1.29, 1.82) is 0 Å². The van der Waals surface area contributed by atoms with E-state index in [0.29, 0.717) is 11.8 Å². The van der Waals surface area contributed by atoms with Crippen molar-refractivity contribution in [3.8, 4) is 0 Å². The molecule has 0 aliphatic heterocycles. The smallest absolute Gasteiger partial charge is 0.311 e. The third-order valence-corrected chi connectivity index (χ3v) is 4.58. The molecule has 2 fully saturated rings. The van der Waals surface area contributed by atoms with E-state index < -0.39 is 0 Å². The van der Waals surface area contributed by atoms with Crippen molar-refractivity contribution in [3.63, 3.8) is 0 Å². The SMILES string of the molecule is COC(=O)[C@@H]1[C@H]2CC[C@@H](C2)[C@@H]1NC(=O)Cn1cccn1. The third-order valence-electron chi connectivity index (χ3n) is 4.58. The largest absolute Gasteiger partial charge is 0.469 e. The van der Waals surface area contributed by atoms with E-state index in [4.69, 9.17) is 4.74 Å². The van der Waals surface area contributed by atoms with Crippen LogP contribution in [-0.4, -0.2) is 34.8 Å². The van der Waals surface area contributed by atoms with Crippen LogP contribution in [-0.2, 0) is 20.9 Å². The molecule has 108 valence electrons. The third kappa shape index (κ3) is 2.30. The predicted octanol–water partition coefficient (Wildman–Crippen LogP) is 0.587. The molecule has 0 aromatic carbocycles. The molecule has 2 aliphatic rings. The second-order valence-corrected chi connectivity index (χ2v) is 5.68. The molecule has 1 amide bonds. The summed E-state index contributed by atoms with van der Waals surface area (Å²) in [6, 6.07) is 1.70. The molecule has 4 atom stereocenters. The number of esters is 1. The van der Waals surface area contributed by atoms with Gasteiger partial charge in [-0.15, -0.1) is 0 Å². The first-order valence-electron chi connectivity index (χ1n) is 7.03. The Kier molecular flexibility index (Phi) is 3.46. The summed E-state index contributed by atoms with van der Waals surface area (Å²) in [6.45, 7) is 0.189. The number of aromatic nitrogens is 2. The fraction of sp³-hybridized carbons (Fsp3) is 0.643. The summed E-state index contributed by atoms with van der Waals surface area (Å²) in [6.07, 6.45) is 6.56. The number of carbonyl (C=O) groups excluding carboxylic acids is 2. The quantitative estimate of drug-likeness (QED) is 0.817. The lowest BCUT2D eigenvalue weighted by Crippen LogP contribution is -2.48. The first-order chi connectivity index (χ1) is 9.69. The molecular weight excluding hydrogens is 258 g/mol. The zero-order chi connectivity index (χ0) is 14.1. The molecule has 6 nitrogen and oxygen atoms in total. The van der Waals surface area contributed by atoms with Crippen LogP contribution in [0, 0.1) is 17.8 Å². The van der Waals surface area contributed by atoms with Crippen molar-refractivity contribution in [3.05, 3.63) is 18.5 Å². The molecule has 20 heavy (non-hydrogen) atoms. The van der Waals surface area contributed by atoms with Crippen molar-refractivity contribution < 1.29 is 14.3 Å². The fourth-order valence-electron chi connectivity index (χ4n) is 3.75. The number of carbonyl (C=O) groups is 2. The molecule has 1 aromatic rings. The first kappa shape index (κ1) is 13.1. The van der Waals surface area contributed by atoms with Crippen molar-refractivity contribution in [2.75, 3.05) is 7.11 Å². The Bertz CT molecular complexity index is 500. The van der Waals surface area contributed by atoms with E-state index in [1.807, 2.05) is 0 Å². The maximum absolute atomic E-state index is 12.1. The maximum Gasteiger partial charge on any atom is 0.311 e. The van der Waals surface area contributed by atoms with E-state index in [0.717, 1.165) is 19.3 Å². The van der Waals surface area contributed by atoms with Gasteiger partial charge in [0.25, 0.3) is 0 Å². The number of ether oxygens (including phenoxy) is 1. The minimum absolute atomic E-state index is 0.0794. The average Bonchev–Trinajstić information content (AvgIpc) is 3.14. The van der Waals surface area contributed by atoms with Crippen LogP contribution in [0.25, 0.3) is 0 Å². The van der Waals surface area contributed by atoms with Gasteiger partial charge in [0.1, 0.15) is 6.54 Å². The summed E-state index contributed by atoms with van der Waals surface area (Å²) < 4.78 is 6.48. The van der Waals surface area contributed by atoms with Crippen molar-refractivity contribution in [1.82, 2.24) is 15.1 Å². The molecule has 1 aromatic heterocycles. The molecular formula is C14H19N3O3. The standard InChI is InChI=1S/C14H19N3O3/c1-20-14(19)12-9-3-4-10(7-9)13(12)16-11(18)8-17-6-2-5-15-17/h2,5-6,9-10,12-13H,3-4,7-8H2,1H3,(H,16,18)/t9-,10-,12+,13-/m0/s1. The summed E-state index contributed by atoms with van der Waals surface area (Å²) in [5, 5.41) is 7.03. The van der Waals surface area contributed by atoms with Gasteiger partial charge in [-0.05, 0) is 37.2 Å². The summed E-state index contributed by atoms with van der Waals surface area (Å²) in [5.41, 5.74) is 0. The van der Waals surface area contributed by atoms with Crippen molar-refractivity contribution >= 4 is 11.9 Å². The number of amides is 1. The highest BCUT2D eigenvalue weighted by atomic mass is 16.5. The second kappa shape index (κ2) is 5.26. The predicted molar refractivity (Wildman–Crippen MR) is 70.5 cm³/mol. The molecule has 0 radical (unpaired) electrons. The van der Waals surface area contributed by atoms with Crippen LogP contribution in [0.2, 0.25) is 0 Å². The second-order valence-electron chi connectivity index (χ2n) is 5.68. The summed E-state index contributed by atoms with van der Waals surface area (Å²) in [7, 11) is 1.41. The monoisotopic (exact) mass is 277 g/mol. The van der Waals surface area contributed by atoms with Gasteiger partial charge in [0.15, 0.2) is 0 Å². The van der Waals surface area contributed by atoms with E-state index in [1.54, 1.807) is 23.1 Å². The zero-order valence-corrected chi connectivity index (χ0v) is 11.5. The minimum Gasteiger partial charge on any atom is -0.469 e. The number of hydrogen-bond acceptors (Lipinski definition) is 4. The Labute approximate surface area is 117 Å². The molecule has 3 rings (SSSR count). The van der Waals surface area contributed by atoms with Gasteiger partial charge in [0.2, 0.25) is 5.91 Å². The molecule has 1 heterocycles. The highest BCUT2D eigenvalue weighted by Gasteiger charge is 2.51. The molecule has 2 saturated carbocycles. The highest BCUT2D eigenvalue weighted by molar-refractivity contribution is 5.79. The van der Waals surface area contributed by atoms with E-state index in [2.05, 4.69) is 10.4 Å². The Morgan fingerprint density at radius 3 is 2.90 bits per heavy atom. The van der Waals surface area contributed by atoms with Gasteiger partial charge in [-0.25, -0.2) is 0 Å². The summed E-state index contributed by atoms with van der Waals surface area (Å²) in [4.78, 5) is 24.0. The molecule has 0 unspecified atom stereocenters. The van der Waals surface area contributed by atoms with Crippen LogP contribution >= 0.6 is 0 Å². The van der Waals surface area contributed by atoms with Gasteiger partial charge in [-0.2, -0.15) is 5.10 Å². The number of fused-ring (bicyclic) bond motifs is 2. The lowest BCUT2D eigenvalue weighted by Gasteiger charge is -2.29. The lowest BCUT2D eigenvalue weighted by atomic mass is 9.84. The van der Waals surface area contributed by atoms with Crippen LogP contribution in [0.3, 0.4) is 0 Å². The molecule has 2 aliphatic carbocycles. The maximum atomic E-state index is 12.1. The van der Waals surface area contributed by atoms with Crippen LogP contribution in [0.5, 0.6) is 0 Å². The molecule has 6 heteroatoms. The Balaban J connectivity index is 1.66. The van der Waals surface area contributed by atoms with E-state index >= 15 is 0 Å². The minimum atomic E-state index is -0.193. The number of methoxy groups -OCH3 is 1. The normalized spacial score (nSPS) is 31.2. The highest BCUT2D eigenvalue weighted by Crippen LogP contribution is 2.48. The fourth-order valence-corrected chi connectivity index (χ4v) is 3.75. The van der Waals surface area contributed by atoms with Gasteiger partial charge in [0, 0.05) is 18.4 Å². The first-order valence-corrected chi connectivity index (χ1v) is 7.03. The number of nitrogens with one attached hydrogen (secondary N) is 1. The molecule has 1 N–H and O–H groups in total. The van der Waals surface area contributed by atoms with Gasteiger partial charge in [-0.1, -0.05) is 0 Å². The van der Waals surface area contributed by atoms with Gasteiger partial charge in [-0.3, -0.25) is 14.3 Å². The zero-order valence-electron chi connectivity index (χ0n) is 11.5. The van der Waals surface area contributed by atoms with E-state index in [1.165, 1.54) is 7.11 Å². The van der Waals surface area contributed by atoms with Crippen LogP contribution in [0.1, 0.15) is 19.3 Å². The summed E-state index contributed by atoms with van der Waals surface area (Å²) >= 11 is 0. The number of nitrogens with zero attached hydrogens (tertiary/aromatic N) is 2. The Morgan fingerprint density at radius 1 is 1.40 bits per heavy atom. The van der Waals surface area contributed by atoms with Crippen LogP contribution < -0.4 is 5.32 Å². The molecule has 2 bridgehead atoms. The average molecular weight is 277 g/mol. The van der Waals surface area contributed by atoms with Crippen LogP contribution in [0.4, 0.5) is 0 Å². The summed E-state index contributed by atoms with van der Waals surface area (Å²) in [5.74, 6) is 0.301. The lowest BCUT2D eigenvalue weighted by molar-refractivity contribution is -0.148. The van der Waals surface area contributed by atoms with Gasteiger partial charge in [0.05, 0.1) is 13.0 Å². The van der Waals surface area contributed by atoms with Crippen molar-refractivity contribution in [2.24, 2.45) is 17.8 Å². The van der Waals surface area contributed by atoms with Gasteiger partial charge < -0.3 is 10.1 Å². The van der Waals surface area contributed by atoms with E-state index in [-0.39, 0.29) is 30.4 Å². The Morgan fingerprint density at radius 2 is 2.20 bits per heavy atom. The van der Waals surface area contributed by atoms with Gasteiger partial charge >= 0.3 is 5.97 Å². The molecule has 0 spiro atoms. The number of hydrogen-bond donors (Lipinski definition) is 1.